The molecule has 0 radical (unpaired) electrons. The maximum absolute atomic E-state index is 12.4. The Kier molecular flexibility index (Phi) is 9.76. The Balaban J connectivity index is 5.02. The van der Waals surface area contributed by atoms with E-state index in [2.05, 4.69) is 33.9 Å². The van der Waals surface area contributed by atoms with Crippen molar-refractivity contribution >= 4 is 14.4 Å². The summed E-state index contributed by atoms with van der Waals surface area (Å²) >= 11 is 0. The number of hydrogen-bond acceptors (Lipinski definition) is 4. The average Bonchev–Trinajstić information content (AvgIpc) is 2.43. The van der Waals surface area contributed by atoms with Gasteiger partial charge < -0.3 is 19.2 Å². The van der Waals surface area contributed by atoms with Gasteiger partial charge in [-0.25, -0.2) is 4.79 Å². The zero-order valence-electron chi connectivity index (χ0n) is 19.6. The highest BCUT2D eigenvalue weighted by molar-refractivity contribution is 6.74. The summed E-state index contributed by atoms with van der Waals surface area (Å²) < 4.78 is 11.8. The van der Waals surface area contributed by atoms with Gasteiger partial charge in [-0.15, -0.1) is 0 Å². The van der Waals surface area contributed by atoms with Gasteiger partial charge in [0.1, 0.15) is 5.76 Å². The number of allylic oxidation sites excluding steroid dienone is 1. The summed E-state index contributed by atoms with van der Waals surface area (Å²) in [5, 5.41) is 10.8. The van der Waals surface area contributed by atoms with Gasteiger partial charge in [-0.1, -0.05) is 27.7 Å². The third-order valence-electron chi connectivity index (χ3n) is 5.38. The van der Waals surface area contributed by atoms with Gasteiger partial charge in [0, 0.05) is 18.0 Å². The Hall–Kier alpha value is -0.853. The lowest BCUT2D eigenvalue weighted by Gasteiger charge is -2.40. The van der Waals surface area contributed by atoms with Crippen LogP contribution >= 0.6 is 0 Å². The van der Waals surface area contributed by atoms with Crippen LogP contribution < -0.4 is 0 Å². The second-order valence-corrected chi connectivity index (χ2v) is 14.4. The number of rotatable bonds is 8. The fraction of sp³-hybridized carbons (Fsp3) is 0.857. The van der Waals surface area contributed by atoms with Crippen LogP contribution in [0.15, 0.2) is 11.8 Å². The molecule has 0 aliphatic rings. The monoisotopic (exact) mass is 401 g/mol. The zero-order valence-corrected chi connectivity index (χ0v) is 20.6. The van der Waals surface area contributed by atoms with Gasteiger partial charge in [-0.2, -0.15) is 0 Å². The van der Waals surface area contributed by atoms with Crippen LogP contribution in [0.2, 0.25) is 18.1 Å². The van der Waals surface area contributed by atoms with Gasteiger partial charge in [0.15, 0.2) is 8.32 Å². The maximum atomic E-state index is 12.4. The largest absolute Gasteiger partial charge is 0.415 e. The van der Waals surface area contributed by atoms with Crippen LogP contribution in [0.5, 0.6) is 0 Å². The first-order valence-electron chi connectivity index (χ1n) is 10.1. The van der Waals surface area contributed by atoms with Crippen LogP contribution in [0.3, 0.4) is 0 Å². The van der Waals surface area contributed by atoms with Crippen molar-refractivity contribution in [1.29, 1.82) is 0 Å². The molecule has 0 saturated heterocycles. The Bertz CT molecular complexity index is 501. The molecule has 0 spiro atoms. The summed E-state index contributed by atoms with van der Waals surface area (Å²) in [6, 6.07) is 0.123. The number of nitrogens with zero attached hydrogens (tertiary/aromatic N) is 1. The van der Waals surface area contributed by atoms with Crippen LogP contribution in [0.25, 0.3) is 0 Å². The molecular weight excluding hydrogens is 358 g/mol. The zero-order chi connectivity index (χ0) is 21.7. The molecule has 6 heteroatoms. The van der Waals surface area contributed by atoms with Crippen LogP contribution in [-0.4, -0.2) is 48.7 Å². The Morgan fingerprint density at radius 1 is 1.04 bits per heavy atom. The van der Waals surface area contributed by atoms with E-state index in [1.165, 1.54) is 0 Å². The summed E-state index contributed by atoms with van der Waals surface area (Å²) in [5.41, 5.74) is 0. The number of aliphatic hydroxyl groups excluding tert-OH is 1. The van der Waals surface area contributed by atoms with Crippen molar-refractivity contribution in [1.82, 2.24) is 4.90 Å². The van der Waals surface area contributed by atoms with Crippen molar-refractivity contribution in [2.24, 2.45) is 5.92 Å². The maximum Gasteiger partial charge on any atom is 0.415 e. The van der Waals surface area contributed by atoms with Gasteiger partial charge in [0.05, 0.1) is 12.2 Å². The fourth-order valence-corrected chi connectivity index (χ4v) is 4.27. The molecule has 0 saturated carbocycles. The molecule has 5 nitrogen and oxygen atoms in total. The minimum Gasteiger partial charge on any atom is -0.415 e. The number of hydrogen-bond donors (Lipinski definition) is 1. The highest BCUT2D eigenvalue weighted by Gasteiger charge is 2.40. The normalized spacial score (nSPS) is 17.1. The standard InChI is InChI=1S/C21H43NO4Si/c1-14(2)22(15(3)4)20(24)25-17(6)13-16(5)19(23)18(7)26-27(11,12)21(8,9)10/h13-16,18-19,23H,1-12H3/b17-13-/t16-,18-,19-/m0/s1. The molecule has 0 aliphatic carbocycles. The summed E-state index contributed by atoms with van der Waals surface area (Å²) in [6.07, 6.45) is 0.482. The molecule has 0 unspecified atom stereocenters. The topological polar surface area (TPSA) is 59.0 Å². The third-order valence-corrected chi connectivity index (χ3v) is 9.95. The Morgan fingerprint density at radius 2 is 1.48 bits per heavy atom. The molecule has 1 N–H and O–H groups in total. The summed E-state index contributed by atoms with van der Waals surface area (Å²) in [5.74, 6) is 0.307. The number of ether oxygens (including phenoxy) is 1. The minimum absolute atomic E-state index is 0.0614. The van der Waals surface area contributed by atoms with E-state index in [9.17, 15) is 9.90 Å². The molecule has 0 heterocycles. The third kappa shape index (κ3) is 7.96. The fourth-order valence-electron chi connectivity index (χ4n) is 2.85. The Morgan fingerprint density at radius 3 is 1.85 bits per heavy atom. The first-order valence-corrected chi connectivity index (χ1v) is 13.0. The predicted molar refractivity (Wildman–Crippen MR) is 115 cm³/mol. The number of carbonyl (C=O) groups excluding carboxylic acids is 1. The van der Waals surface area contributed by atoms with E-state index in [0.717, 1.165) is 0 Å². The second-order valence-electron chi connectivity index (χ2n) is 9.67. The molecule has 0 bridgehead atoms. The summed E-state index contributed by atoms with van der Waals surface area (Å²) in [6.45, 7) is 24.3. The molecule has 1 amide bonds. The van der Waals surface area contributed by atoms with Gasteiger partial charge in [-0.3, -0.25) is 0 Å². The van der Waals surface area contributed by atoms with E-state index in [4.69, 9.17) is 9.16 Å². The van der Waals surface area contributed by atoms with Crippen molar-refractivity contribution in [2.75, 3.05) is 0 Å². The predicted octanol–water partition coefficient (Wildman–Crippen LogP) is 5.55. The van der Waals surface area contributed by atoms with Crippen molar-refractivity contribution in [3.05, 3.63) is 11.8 Å². The number of amides is 1. The molecule has 160 valence electrons. The number of carbonyl (C=O) groups is 1. The molecule has 0 aromatic rings. The van der Waals surface area contributed by atoms with E-state index < -0.39 is 14.4 Å². The van der Waals surface area contributed by atoms with E-state index in [0.29, 0.717) is 5.76 Å². The molecular formula is C21H43NO4Si. The lowest BCUT2D eigenvalue weighted by Crippen LogP contribution is -2.47. The van der Waals surface area contributed by atoms with Crippen molar-refractivity contribution in [3.63, 3.8) is 0 Å². The van der Waals surface area contributed by atoms with Gasteiger partial charge in [0.25, 0.3) is 0 Å². The van der Waals surface area contributed by atoms with Crippen molar-refractivity contribution < 1.29 is 19.1 Å². The van der Waals surface area contributed by atoms with E-state index >= 15 is 0 Å². The molecule has 0 aromatic carbocycles. The second kappa shape index (κ2) is 10.1. The highest BCUT2D eigenvalue weighted by Crippen LogP contribution is 2.38. The first kappa shape index (κ1) is 26.1. The minimum atomic E-state index is -1.96. The highest BCUT2D eigenvalue weighted by atomic mass is 28.4. The molecule has 3 atom stereocenters. The van der Waals surface area contributed by atoms with Gasteiger partial charge in [-0.05, 0) is 65.8 Å². The molecule has 0 aromatic heterocycles. The van der Waals surface area contributed by atoms with Crippen LogP contribution in [0.4, 0.5) is 4.79 Å². The van der Waals surface area contributed by atoms with E-state index in [1.54, 1.807) is 17.9 Å². The molecule has 0 aliphatic heterocycles. The first-order chi connectivity index (χ1) is 12.0. The molecule has 27 heavy (non-hydrogen) atoms. The smallest absolute Gasteiger partial charge is 0.415 e. The summed E-state index contributed by atoms with van der Waals surface area (Å²) in [7, 11) is -1.96. The molecule has 0 rings (SSSR count). The van der Waals surface area contributed by atoms with Crippen LogP contribution in [0.1, 0.15) is 69.2 Å². The SMILES string of the molecule is C/C(=C/[C@H](C)[C@H](O)[C@H](C)O[Si](C)(C)C(C)(C)C)OC(=O)N(C(C)C)C(C)C. The van der Waals surface area contributed by atoms with Crippen LogP contribution in [0, 0.1) is 5.92 Å². The summed E-state index contributed by atoms with van der Waals surface area (Å²) in [4.78, 5) is 14.1. The quantitative estimate of drug-likeness (QED) is 0.428. The van der Waals surface area contributed by atoms with Crippen molar-refractivity contribution in [3.8, 4) is 0 Å². The average molecular weight is 402 g/mol. The van der Waals surface area contributed by atoms with Gasteiger partial charge >= 0.3 is 6.09 Å². The molecule has 0 fully saturated rings. The van der Waals surface area contributed by atoms with E-state index in [1.807, 2.05) is 41.5 Å². The number of aliphatic hydroxyl groups is 1. The lowest BCUT2D eigenvalue weighted by molar-refractivity contribution is 0.0157. The van der Waals surface area contributed by atoms with Crippen molar-refractivity contribution in [2.45, 2.75) is 112 Å². The van der Waals surface area contributed by atoms with Gasteiger partial charge in [0.2, 0.25) is 0 Å². The Labute approximate surface area is 168 Å². The van der Waals surface area contributed by atoms with E-state index in [-0.39, 0.29) is 35.2 Å². The van der Waals surface area contributed by atoms with Crippen LogP contribution in [-0.2, 0) is 9.16 Å². The lowest BCUT2D eigenvalue weighted by atomic mass is 10.00.